The van der Waals surface area contributed by atoms with Crippen LogP contribution in [-0.2, 0) is 20.9 Å². The average molecular weight is 595 g/mol. The molecule has 2 amide bonds. The SMILES string of the molecule is CC[C@H](C)OC(=O)CN1C(=O)S/C(=C\c2cc(I)c(OCc3ccc(C)cc3)c(OC)c2)C1=O. The van der Waals surface area contributed by atoms with Crippen LogP contribution in [0.2, 0.25) is 0 Å². The normalized spacial score (nSPS) is 15.6. The first-order valence-corrected chi connectivity index (χ1v) is 12.6. The van der Waals surface area contributed by atoms with Crippen LogP contribution in [-0.4, -0.2) is 41.8 Å². The number of ether oxygens (including phenoxy) is 3. The first kappa shape index (κ1) is 26.1. The first-order valence-electron chi connectivity index (χ1n) is 10.7. The number of carbonyl (C=O) groups is 3. The highest BCUT2D eigenvalue weighted by Crippen LogP contribution is 2.37. The molecule has 0 bridgehead atoms. The number of imide groups is 1. The molecule has 1 saturated heterocycles. The predicted octanol–water partition coefficient (Wildman–Crippen LogP) is 5.57. The molecule has 0 aromatic heterocycles. The summed E-state index contributed by atoms with van der Waals surface area (Å²) >= 11 is 2.94. The molecule has 1 fully saturated rings. The molecule has 1 atom stereocenters. The highest BCUT2D eigenvalue weighted by Gasteiger charge is 2.37. The number of nitrogens with zero attached hydrogens (tertiary/aromatic N) is 1. The Bertz CT molecular complexity index is 1120. The maximum absolute atomic E-state index is 12.8. The number of esters is 1. The molecule has 2 aromatic carbocycles. The van der Waals surface area contributed by atoms with Gasteiger partial charge in [0.15, 0.2) is 11.5 Å². The zero-order valence-electron chi connectivity index (χ0n) is 19.4. The van der Waals surface area contributed by atoms with Gasteiger partial charge in [-0.2, -0.15) is 0 Å². The van der Waals surface area contributed by atoms with E-state index in [4.69, 9.17) is 14.2 Å². The highest BCUT2D eigenvalue weighted by molar-refractivity contribution is 14.1. The van der Waals surface area contributed by atoms with Crippen molar-refractivity contribution in [1.82, 2.24) is 4.90 Å². The van der Waals surface area contributed by atoms with Gasteiger partial charge in [0.2, 0.25) is 0 Å². The second-order valence-electron chi connectivity index (χ2n) is 7.78. The van der Waals surface area contributed by atoms with Gasteiger partial charge < -0.3 is 14.2 Å². The van der Waals surface area contributed by atoms with E-state index in [1.807, 2.05) is 44.2 Å². The molecule has 0 radical (unpaired) electrons. The molecule has 3 rings (SSSR count). The van der Waals surface area contributed by atoms with Gasteiger partial charge in [-0.05, 0) is 84.0 Å². The predicted molar refractivity (Wildman–Crippen MR) is 140 cm³/mol. The average Bonchev–Trinajstić information content (AvgIpc) is 3.06. The van der Waals surface area contributed by atoms with Crippen molar-refractivity contribution < 1.29 is 28.6 Å². The monoisotopic (exact) mass is 595 g/mol. The van der Waals surface area contributed by atoms with Gasteiger partial charge in [0.05, 0.1) is 21.7 Å². The fraction of sp³-hybridized carbons (Fsp3) is 0.320. The standard InChI is InChI=1S/C25H26INO6S/c1-5-16(3)33-22(28)13-27-24(29)21(34-25(27)30)12-18-10-19(26)23(20(11-18)31-4)32-14-17-8-6-15(2)7-9-17/h6-12,16H,5,13-14H2,1-4H3/b21-12-/t16-/m0/s1. The van der Waals surface area contributed by atoms with Crippen molar-refractivity contribution in [1.29, 1.82) is 0 Å². The molecule has 7 nitrogen and oxygen atoms in total. The fourth-order valence-corrected chi connectivity index (χ4v) is 4.68. The largest absolute Gasteiger partial charge is 0.493 e. The van der Waals surface area contributed by atoms with Crippen LogP contribution in [0.4, 0.5) is 4.79 Å². The van der Waals surface area contributed by atoms with Crippen LogP contribution >= 0.6 is 34.4 Å². The lowest BCUT2D eigenvalue weighted by Crippen LogP contribution is -2.35. The topological polar surface area (TPSA) is 82.1 Å². The van der Waals surface area contributed by atoms with E-state index < -0.39 is 23.7 Å². The second kappa shape index (κ2) is 11.7. The lowest BCUT2D eigenvalue weighted by atomic mass is 10.1. The molecular weight excluding hydrogens is 569 g/mol. The molecule has 180 valence electrons. The highest BCUT2D eigenvalue weighted by atomic mass is 127. The summed E-state index contributed by atoms with van der Waals surface area (Å²) in [6.45, 7) is 5.66. The summed E-state index contributed by atoms with van der Waals surface area (Å²) in [5.41, 5.74) is 2.89. The maximum Gasteiger partial charge on any atom is 0.326 e. The molecule has 0 unspecified atom stereocenters. The molecule has 0 aliphatic carbocycles. The Morgan fingerprint density at radius 1 is 1.21 bits per heavy atom. The molecule has 34 heavy (non-hydrogen) atoms. The Labute approximate surface area is 217 Å². The van der Waals surface area contributed by atoms with E-state index in [1.54, 1.807) is 26.2 Å². The Balaban J connectivity index is 1.75. The molecule has 2 aromatic rings. The zero-order valence-corrected chi connectivity index (χ0v) is 22.4. The minimum atomic E-state index is -0.607. The smallest absolute Gasteiger partial charge is 0.326 e. The van der Waals surface area contributed by atoms with E-state index in [0.29, 0.717) is 30.1 Å². The van der Waals surface area contributed by atoms with Crippen LogP contribution in [0.15, 0.2) is 41.3 Å². The number of benzene rings is 2. The van der Waals surface area contributed by atoms with Gasteiger partial charge in [0.25, 0.3) is 11.1 Å². The van der Waals surface area contributed by atoms with Gasteiger partial charge in [0, 0.05) is 0 Å². The van der Waals surface area contributed by atoms with Crippen LogP contribution in [0.3, 0.4) is 0 Å². The van der Waals surface area contributed by atoms with E-state index in [1.165, 1.54) is 5.56 Å². The van der Waals surface area contributed by atoms with E-state index in [0.717, 1.165) is 25.8 Å². The molecule has 0 N–H and O–H groups in total. The number of methoxy groups -OCH3 is 1. The first-order chi connectivity index (χ1) is 16.2. The number of rotatable bonds is 9. The number of hydrogen-bond acceptors (Lipinski definition) is 7. The zero-order chi connectivity index (χ0) is 24.8. The van der Waals surface area contributed by atoms with Crippen molar-refractivity contribution in [3.63, 3.8) is 0 Å². The molecule has 1 aliphatic heterocycles. The minimum Gasteiger partial charge on any atom is -0.493 e. The Kier molecular flexibility index (Phi) is 9.01. The van der Waals surface area contributed by atoms with E-state index in [2.05, 4.69) is 22.6 Å². The number of carbonyl (C=O) groups excluding carboxylic acids is 3. The summed E-state index contributed by atoms with van der Waals surface area (Å²) in [6.07, 6.45) is 1.99. The van der Waals surface area contributed by atoms with Gasteiger partial charge in [-0.1, -0.05) is 36.8 Å². The Morgan fingerprint density at radius 3 is 2.56 bits per heavy atom. The van der Waals surface area contributed by atoms with Crippen LogP contribution in [0.5, 0.6) is 11.5 Å². The van der Waals surface area contributed by atoms with Gasteiger partial charge in [0.1, 0.15) is 13.2 Å². The fourth-order valence-electron chi connectivity index (χ4n) is 3.06. The van der Waals surface area contributed by atoms with Crippen LogP contribution in [0.1, 0.15) is 37.0 Å². The summed E-state index contributed by atoms with van der Waals surface area (Å²) in [5, 5.41) is -0.503. The molecule has 0 saturated carbocycles. The third-order valence-electron chi connectivity index (χ3n) is 5.12. The third-order valence-corrected chi connectivity index (χ3v) is 6.83. The van der Waals surface area contributed by atoms with E-state index in [9.17, 15) is 14.4 Å². The van der Waals surface area contributed by atoms with Crippen molar-refractivity contribution in [2.24, 2.45) is 0 Å². The summed E-state index contributed by atoms with van der Waals surface area (Å²) in [7, 11) is 1.55. The van der Waals surface area contributed by atoms with Crippen LogP contribution in [0, 0.1) is 10.5 Å². The van der Waals surface area contributed by atoms with Crippen molar-refractivity contribution in [3.05, 3.63) is 61.6 Å². The Morgan fingerprint density at radius 2 is 1.91 bits per heavy atom. The number of aryl methyl sites for hydroxylation is 1. The molecule has 1 heterocycles. The molecule has 1 aliphatic rings. The summed E-state index contributed by atoms with van der Waals surface area (Å²) in [6, 6.07) is 11.7. The lowest BCUT2D eigenvalue weighted by Gasteiger charge is -2.15. The van der Waals surface area contributed by atoms with Crippen molar-refractivity contribution in [3.8, 4) is 11.5 Å². The third kappa shape index (κ3) is 6.53. The summed E-state index contributed by atoms with van der Waals surface area (Å²) < 4.78 is 17.5. The number of amides is 2. The number of hydrogen-bond donors (Lipinski definition) is 0. The van der Waals surface area contributed by atoms with Crippen LogP contribution < -0.4 is 9.47 Å². The molecule has 0 spiro atoms. The van der Waals surface area contributed by atoms with Gasteiger partial charge in [-0.3, -0.25) is 19.3 Å². The van der Waals surface area contributed by atoms with Crippen molar-refractivity contribution in [2.45, 2.75) is 39.9 Å². The van der Waals surface area contributed by atoms with Gasteiger partial charge in [-0.25, -0.2) is 0 Å². The second-order valence-corrected chi connectivity index (χ2v) is 9.94. The van der Waals surface area contributed by atoms with Gasteiger partial charge in [-0.15, -0.1) is 0 Å². The van der Waals surface area contributed by atoms with Crippen molar-refractivity contribution >= 4 is 57.5 Å². The summed E-state index contributed by atoms with van der Waals surface area (Å²) in [5.74, 6) is -0.0164. The van der Waals surface area contributed by atoms with Gasteiger partial charge >= 0.3 is 5.97 Å². The maximum atomic E-state index is 12.8. The lowest BCUT2D eigenvalue weighted by molar-refractivity contribution is -0.150. The molecule has 9 heteroatoms. The van der Waals surface area contributed by atoms with Crippen molar-refractivity contribution in [2.75, 3.05) is 13.7 Å². The summed E-state index contributed by atoms with van der Waals surface area (Å²) in [4.78, 5) is 38.3. The quantitative estimate of drug-likeness (QED) is 0.213. The molecular formula is C25H26INO6S. The van der Waals surface area contributed by atoms with E-state index >= 15 is 0 Å². The number of halogens is 1. The minimum absolute atomic E-state index is 0.229. The van der Waals surface area contributed by atoms with Crippen LogP contribution in [0.25, 0.3) is 6.08 Å². The van der Waals surface area contributed by atoms with E-state index in [-0.39, 0.29) is 11.0 Å². The Hall–Kier alpha value is -2.53. The number of thioether (sulfide) groups is 1.